The second-order valence-corrected chi connectivity index (χ2v) is 8.30. The summed E-state index contributed by atoms with van der Waals surface area (Å²) >= 11 is 12.3. The molecule has 0 aliphatic heterocycles. The molecular weight excluding hydrogens is 509 g/mol. The molecule has 0 aliphatic rings. The van der Waals surface area contributed by atoms with Gasteiger partial charge in [0.15, 0.2) is 6.61 Å². The number of aromatic nitrogens is 1. The van der Waals surface area contributed by atoms with Gasteiger partial charge in [0.1, 0.15) is 11.4 Å². The van der Waals surface area contributed by atoms with Crippen molar-refractivity contribution in [1.82, 2.24) is 4.98 Å². The highest BCUT2D eigenvalue weighted by atomic mass is 35.5. The maximum Gasteiger partial charge on any atom is 0.339 e. The molecule has 0 spiro atoms. The molecule has 11 heteroatoms. The maximum absolute atomic E-state index is 13.0. The topological polar surface area (TPSA) is 121 Å². The molecule has 4 aromatic rings. The number of anilines is 1. The predicted octanol–water partition coefficient (Wildman–Crippen LogP) is 5.92. The highest BCUT2D eigenvalue weighted by Crippen LogP contribution is 2.32. The number of methoxy groups -OCH3 is 1. The van der Waals surface area contributed by atoms with Gasteiger partial charge in [-0.15, -0.1) is 0 Å². The van der Waals surface area contributed by atoms with E-state index in [1.807, 2.05) is 0 Å². The van der Waals surface area contributed by atoms with Crippen molar-refractivity contribution in [3.63, 3.8) is 0 Å². The molecule has 0 saturated carbocycles. The summed E-state index contributed by atoms with van der Waals surface area (Å²) < 4.78 is 10.3. The Morgan fingerprint density at radius 2 is 1.83 bits per heavy atom. The van der Waals surface area contributed by atoms with Crippen LogP contribution in [0.4, 0.5) is 11.4 Å². The zero-order valence-corrected chi connectivity index (χ0v) is 20.2. The number of rotatable bonds is 7. The van der Waals surface area contributed by atoms with Crippen molar-refractivity contribution in [2.75, 3.05) is 19.0 Å². The van der Waals surface area contributed by atoms with Gasteiger partial charge < -0.3 is 14.8 Å². The lowest BCUT2D eigenvalue weighted by Crippen LogP contribution is -2.21. The Kier molecular flexibility index (Phi) is 7.33. The summed E-state index contributed by atoms with van der Waals surface area (Å²) in [6, 6.07) is 17.3. The van der Waals surface area contributed by atoms with Crippen LogP contribution in [0.1, 0.15) is 10.4 Å². The van der Waals surface area contributed by atoms with Crippen LogP contribution in [0.25, 0.3) is 22.2 Å². The fourth-order valence-corrected chi connectivity index (χ4v) is 3.98. The summed E-state index contributed by atoms with van der Waals surface area (Å²) in [5.41, 5.74) is 1.24. The number of amides is 1. The lowest BCUT2D eigenvalue weighted by atomic mass is 10.0. The third-order valence-corrected chi connectivity index (χ3v) is 5.70. The fourth-order valence-electron chi connectivity index (χ4n) is 3.48. The molecule has 3 aromatic carbocycles. The van der Waals surface area contributed by atoms with Crippen molar-refractivity contribution < 1.29 is 24.0 Å². The standard InChI is InChI=1S/C25H17Cl2N3O6/c1-35-15-7-9-23(30(33)34)22(11-15)29-24(31)13-36-25(32)18-12-21(17-8-6-14(26)10-19(17)27)28-20-5-3-2-4-16(18)20/h2-12H,13H2,1H3,(H,29,31). The third kappa shape index (κ3) is 5.37. The van der Waals surface area contributed by atoms with Gasteiger partial charge in [0, 0.05) is 28.1 Å². The largest absolute Gasteiger partial charge is 0.497 e. The number of esters is 1. The van der Waals surface area contributed by atoms with Gasteiger partial charge in [0.05, 0.1) is 33.8 Å². The number of halogens is 2. The molecule has 0 radical (unpaired) electrons. The Balaban J connectivity index is 1.58. The average molecular weight is 526 g/mol. The van der Waals surface area contributed by atoms with E-state index in [1.165, 1.54) is 31.4 Å². The molecule has 182 valence electrons. The van der Waals surface area contributed by atoms with Gasteiger partial charge in [-0.1, -0.05) is 41.4 Å². The zero-order chi connectivity index (χ0) is 25.8. The molecule has 36 heavy (non-hydrogen) atoms. The molecule has 0 saturated heterocycles. The fraction of sp³-hybridized carbons (Fsp3) is 0.0800. The van der Waals surface area contributed by atoms with E-state index >= 15 is 0 Å². The van der Waals surface area contributed by atoms with Crippen LogP contribution in [0.3, 0.4) is 0 Å². The Hall–Kier alpha value is -4.21. The third-order valence-electron chi connectivity index (χ3n) is 5.15. The van der Waals surface area contributed by atoms with E-state index in [0.717, 1.165) is 0 Å². The van der Waals surface area contributed by atoms with E-state index in [0.29, 0.717) is 38.0 Å². The first-order valence-electron chi connectivity index (χ1n) is 10.4. The maximum atomic E-state index is 13.0. The van der Waals surface area contributed by atoms with Gasteiger partial charge in [-0.3, -0.25) is 14.9 Å². The van der Waals surface area contributed by atoms with Crippen LogP contribution in [0, 0.1) is 10.1 Å². The van der Waals surface area contributed by atoms with Crippen LogP contribution in [-0.2, 0) is 9.53 Å². The number of nitrogens with one attached hydrogen (secondary N) is 1. The number of nitro benzene ring substituents is 1. The van der Waals surface area contributed by atoms with E-state index in [2.05, 4.69) is 10.3 Å². The minimum absolute atomic E-state index is 0.0885. The molecule has 0 fully saturated rings. The zero-order valence-electron chi connectivity index (χ0n) is 18.7. The number of benzene rings is 3. The Labute approximate surface area is 214 Å². The van der Waals surface area contributed by atoms with Crippen LogP contribution in [-0.4, -0.2) is 35.5 Å². The smallest absolute Gasteiger partial charge is 0.339 e. The SMILES string of the molecule is COc1ccc([N+](=O)[O-])c(NC(=O)COC(=O)c2cc(-c3ccc(Cl)cc3Cl)nc3ccccc23)c1. The number of carbonyl (C=O) groups excluding carboxylic acids is 2. The molecule has 0 unspecified atom stereocenters. The Morgan fingerprint density at radius 1 is 1.06 bits per heavy atom. The molecule has 1 aromatic heterocycles. The first-order chi connectivity index (χ1) is 17.3. The van der Waals surface area contributed by atoms with Crippen molar-refractivity contribution in [2.45, 2.75) is 0 Å². The van der Waals surface area contributed by atoms with E-state index < -0.39 is 23.4 Å². The lowest BCUT2D eigenvalue weighted by Gasteiger charge is -2.12. The summed E-state index contributed by atoms with van der Waals surface area (Å²) in [4.78, 5) is 40.7. The van der Waals surface area contributed by atoms with Crippen molar-refractivity contribution >= 4 is 57.4 Å². The van der Waals surface area contributed by atoms with Crippen LogP contribution in [0.2, 0.25) is 10.0 Å². The van der Waals surface area contributed by atoms with Crippen molar-refractivity contribution in [3.05, 3.63) is 92.5 Å². The number of nitrogens with zero attached hydrogens (tertiary/aromatic N) is 2. The summed E-state index contributed by atoms with van der Waals surface area (Å²) in [6.45, 7) is -0.680. The van der Waals surface area contributed by atoms with Crippen molar-refractivity contribution in [2.24, 2.45) is 0 Å². The number of para-hydroxylation sites is 1. The van der Waals surface area contributed by atoms with Crippen molar-refractivity contribution in [1.29, 1.82) is 0 Å². The second kappa shape index (κ2) is 10.6. The minimum Gasteiger partial charge on any atom is -0.497 e. The summed E-state index contributed by atoms with van der Waals surface area (Å²) in [5, 5.41) is 15.0. The number of pyridine rings is 1. The number of carbonyl (C=O) groups is 2. The molecule has 9 nitrogen and oxygen atoms in total. The average Bonchev–Trinajstić information content (AvgIpc) is 2.86. The van der Waals surface area contributed by atoms with E-state index in [9.17, 15) is 19.7 Å². The first-order valence-corrected chi connectivity index (χ1v) is 11.2. The minimum atomic E-state index is -0.782. The summed E-state index contributed by atoms with van der Waals surface area (Å²) in [7, 11) is 1.39. The van der Waals surface area contributed by atoms with Gasteiger partial charge in [-0.05, 0) is 36.4 Å². The monoisotopic (exact) mass is 525 g/mol. The Morgan fingerprint density at radius 3 is 2.56 bits per heavy atom. The summed E-state index contributed by atoms with van der Waals surface area (Å²) in [5.74, 6) is -1.24. The number of hydrogen-bond donors (Lipinski definition) is 1. The quantitative estimate of drug-likeness (QED) is 0.180. The second-order valence-electron chi connectivity index (χ2n) is 7.46. The van der Waals surface area contributed by atoms with Gasteiger partial charge in [0.2, 0.25) is 0 Å². The van der Waals surface area contributed by atoms with Crippen LogP contribution in [0.5, 0.6) is 5.75 Å². The lowest BCUT2D eigenvalue weighted by molar-refractivity contribution is -0.383. The van der Waals surface area contributed by atoms with E-state index in [-0.39, 0.29) is 16.9 Å². The molecule has 0 aliphatic carbocycles. The molecule has 0 bridgehead atoms. The van der Waals surface area contributed by atoms with Crippen LogP contribution in [0.15, 0.2) is 66.7 Å². The summed E-state index contributed by atoms with van der Waals surface area (Å²) in [6.07, 6.45) is 0. The van der Waals surface area contributed by atoms with Gasteiger partial charge in [-0.25, -0.2) is 9.78 Å². The molecule has 0 atom stereocenters. The molecule has 4 rings (SSSR count). The first kappa shape index (κ1) is 24.9. The number of fused-ring (bicyclic) bond motifs is 1. The van der Waals surface area contributed by atoms with Crippen LogP contribution < -0.4 is 10.1 Å². The normalized spacial score (nSPS) is 10.6. The highest BCUT2D eigenvalue weighted by molar-refractivity contribution is 6.36. The van der Waals surface area contributed by atoms with Gasteiger partial charge in [0.25, 0.3) is 11.6 Å². The van der Waals surface area contributed by atoms with E-state index in [4.69, 9.17) is 32.7 Å². The number of ether oxygens (including phenoxy) is 2. The molecule has 1 heterocycles. The number of hydrogen-bond acceptors (Lipinski definition) is 7. The molecule has 1 amide bonds. The van der Waals surface area contributed by atoms with Crippen molar-refractivity contribution in [3.8, 4) is 17.0 Å². The molecule has 1 N–H and O–H groups in total. The Bertz CT molecular complexity index is 1510. The predicted molar refractivity (Wildman–Crippen MR) is 136 cm³/mol. The van der Waals surface area contributed by atoms with Crippen LogP contribution >= 0.6 is 23.2 Å². The van der Waals surface area contributed by atoms with Gasteiger partial charge in [-0.2, -0.15) is 0 Å². The van der Waals surface area contributed by atoms with Gasteiger partial charge >= 0.3 is 5.97 Å². The highest BCUT2D eigenvalue weighted by Gasteiger charge is 2.20. The molecular formula is C25H17Cl2N3O6. The van der Waals surface area contributed by atoms with E-state index in [1.54, 1.807) is 42.5 Å². The number of nitro groups is 1.